The number of rotatable bonds is 7. The van der Waals surface area contributed by atoms with Gasteiger partial charge in [0.25, 0.3) is 0 Å². The van der Waals surface area contributed by atoms with Crippen LogP contribution in [0.25, 0.3) is 0 Å². The highest BCUT2D eigenvalue weighted by Crippen LogP contribution is 2.26. The number of carboxylic acids is 1. The minimum Gasteiger partial charge on any atom is -0.493 e. The smallest absolute Gasteiger partial charge is 0.339 e. The highest BCUT2D eigenvalue weighted by Gasteiger charge is 2.14. The summed E-state index contributed by atoms with van der Waals surface area (Å²) in [6.07, 6.45) is 0.860. The second-order valence-electron chi connectivity index (χ2n) is 4.33. The Kier molecular flexibility index (Phi) is 4.76. The average Bonchev–Trinajstić information content (AvgIpc) is 2.88. The van der Waals surface area contributed by atoms with Crippen molar-refractivity contribution in [1.29, 1.82) is 0 Å². The first-order valence-electron chi connectivity index (χ1n) is 6.52. The van der Waals surface area contributed by atoms with E-state index in [1.165, 1.54) is 6.07 Å². The largest absolute Gasteiger partial charge is 0.493 e. The van der Waals surface area contributed by atoms with E-state index in [0.717, 1.165) is 6.42 Å². The first-order valence-corrected chi connectivity index (χ1v) is 6.52. The van der Waals surface area contributed by atoms with E-state index < -0.39 is 5.97 Å². The number of ether oxygens (including phenoxy) is 2. The second-order valence-corrected chi connectivity index (χ2v) is 4.33. The summed E-state index contributed by atoms with van der Waals surface area (Å²) in [5, 5.41) is 12.9. The number of hydrogen-bond donors (Lipinski definition) is 1. The monoisotopic (exact) mass is 292 g/mol. The molecule has 0 amide bonds. The van der Waals surface area contributed by atoms with E-state index in [0.29, 0.717) is 24.1 Å². The van der Waals surface area contributed by atoms with Crippen LogP contribution in [0.3, 0.4) is 0 Å². The summed E-state index contributed by atoms with van der Waals surface area (Å²) in [5.41, 5.74) is 0.0547. The number of benzene rings is 1. The molecule has 21 heavy (non-hydrogen) atoms. The first-order chi connectivity index (χ1) is 10.1. The van der Waals surface area contributed by atoms with E-state index in [1.807, 2.05) is 6.92 Å². The zero-order valence-corrected chi connectivity index (χ0v) is 11.8. The van der Waals surface area contributed by atoms with Crippen molar-refractivity contribution in [2.45, 2.75) is 26.9 Å². The average molecular weight is 292 g/mol. The predicted octanol–water partition coefficient (Wildman–Crippen LogP) is 2.44. The van der Waals surface area contributed by atoms with E-state index in [2.05, 4.69) is 10.1 Å². The molecule has 0 saturated carbocycles. The van der Waals surface area contributed by atoms with Crippen molar-refractivity contribution in [1.82, 2.24) is 10.1 Å². The molecular weight excluding hydrogens is 276 g/mol. The third-order valence-electron chi connectivity index (χ3n) is 2.58. The van der Waals surface area contributed by atoms with Gasteiger partial charge in [-0.1, -0.05) is 12.1 Å². The van der Waals surface area contributed by atoms with Crippen LogP contribution in [0, 0.1) is 6.92 Å². The van der Waals surface area contributed by atoms with E-state index in [-0.39, 0.29) is 17.9 Å². The van der Waals surface area contributed by atoms with Gasteiger partial charge in [0, 0.05) is 13.0 Å². The predicted molar refractivity (Wildman–Crippen MR) is 72.6 cm³/mol. The van der Waals surface area contributed by atoms with Gasteiger partial charge in [0.1, 0.15) is 17.1 Å². The molecule has 0 saturated heterocycles. The maximum Gasteiger partial charge on any atom is 0.339 e. The molecule has 0 unspecified atom stereocenters. The normalized spacial score (nSPS) is 10.4. The van der Waals surface area contributed by atoms with Gasteiger partial charge in [0.05, 0.1) is 6.61 Å². The highest BCUT2D eigenvalue weighted by molar-refractivity contribution is 5.91. The molecule has 1 aromatic carbocycles. The Labute approximate surface area is 121 Å². The molecule has 0 aliphatic heterocycles. The van der Waals surface area contributed by atoms with Crippen molar-refractivity contribution in [2.75, 3.05) is 6.61 Å². The van der Waals surface area contributed by atoms with Crippen LogP contribution in [0.1, 0.15) is 35.4 Å². The number of nitrogens with zero attached hydrogens (tertiary/aromatic N) is 2. The number of carbonyl (C=O) groups is 1. The van der Waals surface area contributed by atoms with Gasteiger partial charge in [-0.25, -0.2) is 4.79 Å². The van der Waals surface area contributed by atoms with Crippen LogP contribution in [0.4, 0.5) is 0 Å². The number of aryl methyl sites for hydroxylation is 1. The Balaban J connectivity index is 2.15. The Hall–Kier alpha value is -2.57. The summed E-state index contributed by atoms with van der Waals surface area (Å²) in [5.74, 6) is 0.465. The van der Waals surface area contributed by atoms with E-state index >= 15 is 0 Å². The van der Waals surface area contributed by atoms with Gasteiger partial charge < -0.3 is 19.1 Å². The van der Waals surface area contributed by atoms with Crippen LogP contribution >= 0.6 is 0 Å². The third-order valence-corrected chi connectivity index (χ3v) is 2.58. The fourth-order valence-corrected chi connectivity index (χ4v) is 1.65. The molecule has 112 valence electrons. The molecule has 1 aromatic heterocycles. The first kappa shape index (κ1) is 14.8. The quantitative estimate of drug-likeness (QED) is 0.837. The van der Waals surface area contributed by atoms with E-state index in [9.17, 15) is 4.79 Å². The molecule has 0 bridgehead atoms. The standard InChI is InChI=1S/C14H16N2O5/c1-3-6-19-10-4-5-11(14(17)18)12(7-10)20-8-13-15-9(2)21-16-13/h4-5,7H,3,6,8H2,1-2H3,(H,17,18). The molecular formula is C14H16N2O5. The zero-order valence-electron chi connectivity index (χ0n) is 11.8. The van der Waals surface area contributed by atoms with Gasteiger partial charge in [0.15, 0.2) is 6.61 Å². The highest BCUT2D eigenvalue weighted by atomic mass is 16.5. The van der Waals surface area contributed by atoms with Gasteiger partial charge >= 0.3 is 5.97 Å². The lowest BCUT2D eigenvalue weighted by atomic mass is 10.2. The molecule has 0 radical (unpaired) electrons. The summed E-state index contributed by atoms with van der Waals surface area (Å²) in [7, 11) is 0. The van der Waals surface area contributed by atoms with Gasteiger partial charge in [-0.3, -0.25) is 0 Å². The van der Waals surface area contributed by atoms with Crippen LogP contribution in [0.2, 0.25) is 0 Å². The Morgan fingerprint density at radius 1 is 1.38 bits per heavy atom. The molecule has 0 aliphatic rings. The fraction of sp³-hybridized carbons (Fsp3) is 0.357. The lowest BCUT2D eigenvalue weighted by Crippen LogP contribution is -2.05. The fourth-order valence-electron chi connectivity index (χ4n) is 1.65. The van der Waals surface area contributed by atoms with Crippen LogP contribution in [0.15, 0.2) is 22.7 Å². The molecule has 1 N–H and O–H groups in total. The molecule has 7 heteroatoms. The number of carboxylic acid groups (broad SMARTS) is 1. The summed E-state index contributed by atoms with van der Waals surface area (Å²) < 4.78 is 15.8. The Bertz CT molecular complexity index is 624. The third kappa shape index (κ3) is 3.95. The summed E-state index contributed by atoms with van der Waals surface area (Å²) in [4.78, 5) is 15.2. The second kappa shape index (κ2) is 6.74. The van der Waals surface area contributed by atoms with Crippen molar-refractivity contribution in [2.24, 2.45) is 0 Å². The number of aromatic carboxylic acids is 1. The molecule has 0 atom stereocenters. The van der Waals surface area contributed by atoms with Gasteiger partial charge in [0.2, 0.25) is 11.7 Å². The maximum atomic E-state index is 11.2. The van der Waals surface area contributed by atoms with Gasteiger partial charge in [-0.15, -0.1) is 0 Å². The van der Waals surface area contributed by atoms with Crippen LogP contribution in [0.5, 0.6) is 11.5 Å². The molecule has 0 spiro atoms. The molecule has 7 nitrogen and oxygen atoms in total. The summed E-state index contributed by atoms with van der Waals surface area (Å²) >= 11 is 0. The van der Waals surface area contributed by atoms with E-state index in [4.69, 9.17) is 19.1 Å². The Morgan fingerprint density at radius 3 is 2.81 bits per heavy atom. The number of aromatic nitrogens is 2. The molecule has 2 rings (SSSR count). The lowest BCUT2D eigenvalue weighted by Gasteiger charge is -2.10. The van der Waals surface area contributed by atoms with Crippen molar-refractivity contribution in [3.63, 3.8) is 0 Å². The van der Waals surface area contributed by atoms with Gasteiger partial charge in [-0.2, -0.15) is 4.98 Å². The van der Waals surface area contributed by atoms with Gasteiger partial charge in [-0.05, 0) is 18.6 Å². The maximum absolute atomic E-state index is 11.2. The lowest BCUT2D eigenvalue weighted by molar-refractivity contribution is 0.0691. The SMILES string of the molecule is CCCOc1ccc(C(=O)O)c(OCc2noc(C)n2)c1. The molecule has 1 heterocycles. The van der Waals surface area contributed by atoms with E-state index in [1.54, 1.807) is 19.1 Å². The molecule has 0 fully saturated rings. The minimum atomic E-state index is -1.07. The van der Waals surface area contributed by atoms with Crippen LogP contribution < -0.4 is 9.47 Å². The number of hydrogen-bond acceptors (Lipinski definition) is 6. The van der Waals surface area contributed by atoms with Crippen molar-refractivity contribution < 1.29 is 23.9 Å². The molecule has 0 aliphatic carbocycles. The van der Waals surface area contributed by atoms with Crippen LogP contribution in [-0.4, -0.2) is 27.8 Å². The van der Waals surface area contributed by atoms with Crippen molar-refractivity contribution in [3.05, 3.63) is 35.5 Å². The summed E-state index contributed by atoms with van der Waals surface area (Å²) in [6.45, 7) is 4.23. The topological polar surface area (TPSA) is 94.7 Å². The Morgan fingerprint density at radius 2 is 2.19 bits per heavy atom. The minimum absolute atomic E-state index is 0.0227. The molecule has 2 aromatic rings. The van der Waals surface area contributed by atoms with Crippen molar-refractivity contribution >= 4 is 5.97 Å². The van der Waals surface area contributed by atoms with Crippen LogP contribution in [-0.2, 0) is 6.61 Å². The zero-order chi connectivity index (χ0) is 15.2. The summed E-state index contributed by atoms with van der Waals surface area (Å²) in [6, 6.07) is 4.60. The van der Waals surface area contributed by atoms with Crippen molar-refractivity contribution in [3.8, 4) is 11.5 Å².